The molecule has 4 nitrogen and oxygen atoms in total. The van der Waals surface area contributed by atoms with E-state index in [-0.39, 0.29) is 11.7 Å². The third kappa shape index (κ3) is 1.72. The van der Waals surface area contributed by atoms with Gasteiger partial charge in [-0.1, -0.05) is 6.58 Å². The van der Waals surface area contributed by atoms with Gasteiger partial charge in [-0.15, -0.1) is 0 Å². The minimum absolute atomic E-state index is 0.0900. The van der Waals surface area contributed by atoms with Crippen LogP contribution in [0.25, 0.3) is 10.9 Å². The Morgan fingerprint density at radius 2 is 2.25 bits per heavy atom. The number of phenolic OH excluding ortho intramolecular Hbond substituents is 1. The number of pyridine rings is 1. The molecule has 2 rings (SSSR count). The molecular formula is C12H10N2O2. The van der Waals surface area contributed by atoms with Crippen LogP contribution in [0.2, 0.25) is 0 Å². The number of anilines is 1. The van der Waals surface area contributed by atoms with Crippen LogP contribution in [0, 0.1) is 0 Å². The number of fused-ring (bicyclic) bond motifs is 1. The van der Waals surface area contributed by atoms with Crippen molar-refractivity contribution in [2.45, 2.75) is 0 Å². The van der Waals surface area contributed by atoms with Crippen molar-refractivity contribution in [3.63, 3.8) is 0 Å². The summed E-state index contributed by atoms with van der Waals surface area (Å²) in [5, 5.41) is 12.9. The molecule has 0 aliphatic rings. The average Bonchev–Trinajstić information content (AvgIpc) is 2.33. The van der Waals surface area contributed by atoms with Crippen molar-refractivity contribution in [1.82, 2.24) is 4.98 Å². The number of hydrogen-bond donors (Lipinski definition) is 2. The summed E-state index contributed by atoms with van der Waals surface area (Å²) in [6.07, 6.45) is 2.77. The molecule has 2 N–H and O–H groups in total. The number of benzene rings is 1. The predicted molar refractivity (Wildman–Crippen MR) is 62.2 cm³/mol. The molecule has 1 aromatic carbocycles. The van der Waals surface area contributed by atoms with Crippen molar-refractivity contribution in [3.8, 4) is 5.75 Å². The van der Waals surface area contributed by atoms with E-state index in [2.05, 4.69) is 16.9 Å². The van der Waals surface area contributed by atoms with Gasteiger partial charge in [0, 0.05) is 11.6 Å². The zero-order valence-corrected chi connectivity index (χ0v) is 8.47. The number of hydrogen-bond acceptors (Lipinski definition) is 3. The number of aromatic hydroxyl groups is 1. The average molecular weight is 214 g/mol. The standard InChI is InChI=1S/C12H10N2O2/c1-2-11(16)14-9-5-6-10(15)12-8(9)4-3-7-13-12/h2-7,15H,1H2,(H,14,16). The molecule has 0 atom stereocenters. The Morgan fingerprint density at radius 1 is 1.44 bits per heavy atom. The van der Waals surface area contributed by atoms with Crippen LogP contribution in [0.1, 0.15) is 0 Å². The van der Waals surface area contributed by atoms with Gasteiger partial charge in [-0.3, -0.25) is 9.78 Å². The fourth-order valence-electron chi connectivity index (χ4n) is 1.45. The summed E-state index contributed by atoms with van der Waals surface area (Å²) in [6, 6.07) is 6.64. The molecule has 1 heterocycles. The summed E-state index contributed by atoms with van der Waals surface area (Å²) in [5.41, 5.74) is 1.06. The second-order valence-electron chi connectivity index (χ2n) is 3.23. The van der Waals surface area contributed by atoms with Gasteiger partial charge in [0.2, 0.25) is 5.91 Å². The van der Waals surface area contributed by atoms with Crippen LogP contribution in [-0.4, -0.2) is 16.0 Å². The van der Waals surface area contributed by atoms with Crippen molar-refractivity contribution < 1.29 is 9.90 Å². The lowest BCUT2D eigenvalue weighted by molar-refractivity contribution is -0.111. The van der Waals surface area contributed by atoms with Gasteiger partial charge in [-0.05, 0) is 30.3 Å². The Morgan fingerprint density at radius 3 is 3.00 bits per heavy atom. The van der Waals surface area contributed by atoms with Crippen LogP contribution >= 0.6 is 0 Å². The Labute approximate surface area is 92.2 Å². The van der Waals surface area contributed by atoms with E-state index in [4.69, 9.17) is 0 Å². The van der Waals surface area contributed by atoms with Gasteiger partial charge in [0.25, 0.3) is 0 Å². The van der Waals surface area contributed by atoms with E-state index in [0.29, 0.717) is 16.6 Å². The van der Waals surface area contributed by atoms with Crippen molar-refractivity contribution in [1.29, 1.82) is 0 Å². The Bertz CT molecular complexity index is 564. The number of nitrogens with one attached hydrogen (secondary N) is 1. The molecule has 0 unspecified atom stereocenters. The van der Waals surface area contributed by atoms with Gasteiger partial charge in [0.05, 0.1) is 5.69 Å². The lowest BCUT2D eigenvalue weighted by Gasteiger charge is -2.07. The first kappa shape index (κ1) is 10.2. The van der Waals surface area contributed by atoms with Crippen LogP contribution in [0.4, 0.5) is 5.69 Å². The zero-order chi connectivity index (χ0) is 11.5. The van der Waals surface area contributed by atoms with E-state index in [1.165, 1.54) is 12.1 Å². The number of carbonyl (C=O) groups is 1. The first-order valence-electron chi connectivity index (χ1n) is 4.72. The summed E-state index contributed by atoms with van der Waals surface area (Å²) >= 11 is 0. The maximum Gasteiger partial charge on any atom is 0.247 e. The SMILES string of the molecule is C=CC(=O)Nc1ccc(O)c2ncccc12. The minimum atomic E-state index is -0.296. The molecule has 0 bridgehead atoms. The monoisotopic (exact) mass is 214 g/mol. The van der Waals surface area contributed by atoms with E-state index < -0.39 is 0 Å². The van der Waals surface area contributed by atoms with Crippen LogP contribution in [0.5, 0.6) is 5.75 Å². The summed E-state index contributed by atoms with van der Waals surface area (Å²) in [5.74, 6) is -0.206. The van der Waals surface area contributed by atoms with Crippen molar-refractivity contribution in [2.24, 2.45) is 0 Å². The Balaban J connectivity index is 2.58. The summed E-state index contributed by atoms with van der Waals surface area (Å²) in [6.45, 7) is 3.38. The van der Waals surface area contributed by atoms with Gasteiger partial charge in [-0.25, -0.2) is 0 Å². The molecule has 0 saturated carbocycles. The van der Waals surface area contributed by atoms with Crippen molar-refractivity contribution in [3.05, 3.63) is 43.1 Å². The third-order valence-corrected chi connectivity index (χ3v) is 2.19. The van der Waals surface area contributed by atoms with E-state index in [9.17, 15) is 9.90 Å². The number of amides is 1. The molecular weight excluding hydrogens is 204 g/mol. The Kier molecular flexibility index (Phi) is 2.55. The second kappa shape index (κ2) is 4.02. The number of nitrogens with zero attached hydrogens (tertiary/aromatic N) is 1. The first-order valence-corrected chi connectivity index (χ1v) is 4.72. The lowest BCUT2D eigenvalue weighted by Crippen LogP contribution is -2.07. The first-order chi connectivity index (χ1) is 7.72. The largest absolute Gasteiger partial charge is 0.506 e. The highest BCUT2D eigenvalue weighted by atomic mass is 16.3. The van der Waals surface area contributed by atoms with Crippen molar-refractivity contribution >= 4 is 22.5 Å². The number of rotatable bonds is 2. The van der Waals surface area contributed by atoms with E-state index in [1.54, 1.807) is 24.4 Å². The van der Waals surface area contributed by atoms with Gasteiger partial charge < -0.3 is 10.4 Å². The molecule has 4 heteroatoms. The molecule has 1 amide bonds. The zero-order valence-electron chi connectivity index (χ0n) is 8.47. The molecule has 2 aromatic rings. The lowest BCUT2D eigenvalue weighted by atomic mass is 10.1. The molecule has 0 spiro atoms. The van der Waals surface area contributed by atoms with Crippen LogP contribution in [-0.2, 0) is 4.79 Å². The fourth-order valence-corrected chi connectivity index (χ4v) is 1.45. The topological polar surface area (TPSA) is 62.2 Å². The highest BCUT2D eigenvalue weighted by Crippen LogP contribution is 2.28. The highest BCUT2D eigenvalue weighted by Gasteiger charge is 2.06. The van der Waals surface area contributed by atoms with E-state index >= 15 is 0 Å². The minimum Gasteiger partial charge on any atom is -0.506 e. The maximum absolute atomic E-state index is 11.2. The molecule has 0 aliphatic heterocycles. The smallest absolute Gasteiger partial charge is 0.247 e. The number of carbonyl (C=O) groups excluding carboxylic acids is 1. The van der Waals surface area contributed by atoms with Gasteiger partial charge >= 0.3 is 0 Å². The maximum atomic E-state index is 11.2. The van der Waals surface area contributed by atoms with Gasteiger partial charge in [-0.2, -0.15) is 0 Å². The third-order valence-electron chi connectivity index (χ3n) is 2.19. The number of phenols is 1. The highest BCUT2D eigenvalue weighted by molar-refractivity contribution is 6.06. The molecule has 0 radical (unpaired) electrons. The predicted octanol–water partition coefficient (Wildman–Crippen LogP) is 2.06. The van der Waals surface area contributed by atoms with Crippen LogP contribution < -0.4 is 5.32 Å². The summed E-state index contributed by atoms with van der Waals surface area (Å²) in [4.78, 5) is 15.2. The molecule has 0 fully saturated rings. The fraction of sp³-hybridized carbons (Fsp3) is 0. The van der Waals surface area contributed by atoms with Crippen LogP contribution in [0.3, 0.4) is 0 Å². The van der Waals surface area contributed by atoms with Gasteiger partial charge in [0.1, 0.15) is 11.3 Å². The molecule has 0 aliphatic carbocycles. The molecule has 1 aromatic heterocycles. The molecule has 80 valence electrons. The quantitative estimate of drug-likeness (QED) is 0.594. The molecule has 16 heavy (non-hydrogen) atoms. The summed E-state index contributed by atoms with van der Waals surface area (Å²) in [7, 11) is 0. The Hall–Kier alpha value is -2.36. The van der Waals surface area contributed by atoms with Crippen LogP contribution in [0.15, 0.2) is 43.1 Å². The number of aromatic nitrogens is 1. The van der Waals surface area contributed by atoms with E-state index in [0.717, 1.165) is 0 Å². The summed E-state index contributed by atoms with van der Waals surface area (Å²) < 4.78 is 0. The normalized spacial score (nSPS) is 10.0. The van der Waals surface area contributed by atoms with Gasteiger partial charge in [0.15, 0.2) is 0 Å². The van der Waals surface area contributed by atoms with Crippen molar-refractivity contribution in [2.75, 3.05) is 5.32 Å². The molecule has 0 saturated heterocycles. The second-order valence-corrected chi connectivity index (χ2v) is 3.23. The van der Waals surface area contributed by atoms with E-state index in [1.807, 2.05) is 0 Å².